The molecular weight excluding hydrogens is 378 g/mol. The molecule has 2 amide bonds. The van der Waals surface area contributed by atoms with Crippen LogP contribution in [0.3, 0.4) is 0 Å². The zero-order valence-electron chi connectivity index (χ0n) is 15.0. The molecule has 2 N–H and O–H groups in total. The number of carbonyl (C=O) groups excluding carboxylic acids is 3. The number of benzene rings is 2. The molecule has 3 rings (SSSR count). The van der Waals surface area contributed by atoms with E-state index in [1.807, 2.05) is 24.3 Å². The third-order valence-corrected chi connectivity index (χ3v) is 5.32. The number of esters is 1. The van der Waals surface area contributed by atoms with Gasteiger partial charge in [-0.1, -0.05) is 24.3 Å². The molecule has 1 heterocycles. The monoisotopic (exact) mass is 395 g/mol. The van der Waals surface area contributed by atoms with E-state index in [2.05, 4.69) is 10.6 Å². The quantitative estimate of drug-likeness (QED) is 0.754. The van der Waals surface area contributed by atoms with Crippen molar-refractivity contribution in [2.45, 2.75) is 29.6 Å². The van der Waals surface area contributed by atoms with Crippen LogP contribution in [0.1, 0.15) is 18.9 Å². The highest BCUT2D eigenvalue weighted by molar-refractivity contribution is 8.01. The lowest BCUT2D eigenvalue weighted by Gasteiger charge is -2.23. The molecule has 1 aliphatic rings. The molecular formula is C20H17N3O4S. The summed E-state index contributed by atoms with van der Waals surface area (Å²) in [6.45, 7) is 1.44. The van der Waals surface area contributed by atoms with Crippen molar-refractivity contribution in [1.29, 1.82) is 5.26 Å². The number of rotatable bonds is 5. The summed E-state index contributed by atoms with van der Waals surface area (Å²) >= 11 is 1.29. The van der Waals surface area contributed by atoms with E-state index in [0.717, 1.165) is 4.90 Å². The van der Waals surface area contributed by atoms with Crippen molar-refractivity contribution in [2.24, 2.45) is 0 Å². The molecule has 0 radical (unpaired) electrons. The highest BCUT2D eigenvalue weighted by atomic mass is 32.2. The fourth-order valence-corrected chi connectivity index (χ4v) is 3.70. The first-order valence-electron chi connectivity index (χ1n) is 8.54. The summed E-state index contributed by atoms with van der Waals surface area (Å²) in [6.07, 6.45) is -1.22. The summed E-state index contributed by atoms with van der Waals surface area (Å²) < 4.78 is 5.17. The first-order valence-corrected chi connectivity index (χ1v) is 9.42. The second-order valence-electron chi connectivity index (χ2n) is 6.07. The summed E-state index contributed by atoms with van der Waals surface area (Å²) in [4.78, 5) is 37.5. The van der Waals surface area contributed by atoms with Gasteiger partial charge in [-0.05, 0) is 31.2 Å². The first-order chi connectivity index (χ1) is 13.5. The number of fused-ring (bicyclic) bond motifs is 1. The molecule has 0 fully saturated rings. The fourth-order valence-electron chi connectivity index (χ4n) is 2.60. The summed E-state index contributed by atoms with van der Waals surface area (Å²) in [7, 11) is 0. The molecule has 0 aromatic heterocycles. The van der Waals surface area contributed by atoms with Crippen molar-refractivity contribution < 1.29 is 19.1 Å². The maximum atomic E-state index is 12.3. The molecule has 0 saturated heterocycles. The van der Waals surface area contributed by atoms with Gasteiger partial charge in [0.15, 0.2) is 6.10 Å². The molecule has 2 atom stereocenters. The number of nitrogens with one attached hydrogen (secondary N) is 2. The van der Waals surface area contributed by atoms with E-state index < -0.39 is 23.2 Å². The van der Waals surface area contributed by atoms with Crippen molar-refractivity contribution >= 4 is 40.9 Å². The van der Waals surface area contributed by atoms with E-state index in [1.54, 1.807) is 30.3 Å². The smallest absolute Gasteiger partial charge is 0.308 e. The molecule has 0 unspecified atom stereocenters. The Morgan fingerprint density at radius 3 is 2.75 bits per heavy atom. The Balaban J connectivity index is 1.56. The second-order valence-corrected chi connectivity index (χ2v) is 7.32. The van der Waals surface area contributed by atoms with Crippen LogP contribution in [-0.4, -0.2) is 29.1 Å². The van der Waals surface area contributed by atoms with E-state index >= 15 is 0 Å². The Bertz CT molecular complexity index is 970. The predicted octanol–water partition coefficient (Wildman–Crippen LogP) is 2.93. The lowest BCUT2D eigenvalue weighted by atomic mass is 10.2. The predicted molar refractivity (Wildman–Crippen MR) is 105 cm³/mol. The van der Waals surface area contributed by atoms with Gasteiger partial charge in [0.1, 0.15) is 6.07 Å². The van der Waals surface area contributed by atoms with Crippen LogP contribution in [0.4, 0.5) is 11.4 Å². The number of hydrogen-bond acceptors (Lipinski definition) is 6. The zero-order valence-corrected chi connectivity index (χ0v) is 15.8. The Labute approximate surface area is 166 Å². The summed E-state index contributed by atoms with van der Waals surface area (Å²) in [5.41, 5.74) is 1.37. The van der Waals surface area contributed by atoms with Crippen LogP contribution in [0.2, 0.25) is 0 Å². The molecule has 0 aliphatic carbocycles. The number of hydrogen-bond donors (Lipinski definition) is 2. The van der Waals surface area contributed by atoms with Crippen molar-refractivity contribution in [3.8, 4) is 6.07 Å². The fraction of sp³-hybridized carbons (Fsp3) is 0.200. The molecule has 2 aromatic carbocycles. The van der Waals surface area contributed by atoms with Crippen molar-refractivity contribution in [3.63, 3.8) is 0 Å². The average Bonchev–Trinajstić information content (AvgIpc) is 2.68. The summed E-state index contributed by atoms with van der Waals surface area (Å²) in [5.74, 6) is -1.48. The Kier molecular flexibility index (Phi) is 5.96. The van der Waals surface area contributed by atoms with Crippen LogP contribution >= 0.6 is 11.8 Å². The minimum atomic E-state index is -1.07. The van der Waals surface area contributed by atoms with Crippen LogP contribution in [-0.2, 0) is 19.1 Å². The minimum Gasteiger partial charge on any atom is -0.452 e. The van der Waals surface area contributed by atoms with Gasteiger partial charge in [0, 0.05) is 4.90 Å². The van der Waals surface area contributed by atoms with Crippen LogP contribution < -0.4 is 10.6 Å². The number of nitrogens with zero attached hydrogens (tertiary/aromatic N) is 1. The molecule has 1 aliphatic heterocycles. The van der Waals surface area contributed by atoms with Gasteiger partial charge in [-0.3, -0.25) is 14.4 Å². The number of thioether (sulfide) groups is 1. The van der Waals surface area contributed by atoms with Gasteiger partial charge < -0.3 is 15.4 Å². The molecule has 0 spiro atoms. The van der Waals surface area contributed by atoms with Gasteiger partial charge in [-0.25, -0.2) is 0 Å². The summed E-state index contributed by atoms with van der Waals surface area (Å²) in [6, 6.07) is 15.8. The van der Waals surface area contributed by atoms with Gasteiger partial charge in [-0.2, -0.15) is 5.26 Å². The third-order valence-electron chi connectivity index (χ3n) is 4.04. The Morgan fingerprint density at radius 2 is 1.96 bits per heavy atom. The van der Waals surface area contributed by atoms with Crippen LogP contribution in [0.5, 0.6) is 0 Å². The standard InChI is InChI=1S/C20H17N3O4S/c1-12(19(25)22-14-7-3-2-6-13(14)11-21)27-18(24)10-17-20(26)23-15-8-4-5-9-16(15)28-17/h2-9,12,17H,10H2,1H3,(H,22,25)(H,23,26)/t12-,17-/m1/s1. The molecule has 7 nitrogen and oxygen atoms in total. The van der Waals surface area contributed by atoms with E-state index in [-0.39, 0.29) is 12.3 Å². The highest BCUT2D eigenvalue weighted by Gasteiger charge is 2.30. The van der Waals surface area contributed by atoms with Crippen molar-refractivity contribution in [1.82, 2.24) is 0 Å². The minimum absolute atomic E-state index is 0.156. The van der Waals surface area contributed by atoms with Crippen LogP contribution in [0.25, 0.3) is 0 Å². The maximum absolute atomic E-state index is 12.3. The average molecular weight is 395 g/mol. The second kappa shape index (κ2) is 8.59. The number of anilines is 2. The number of carbonyl (C=O) groups is 3. The van der Waals surface area contributed by atoms with E-state index in [9.17, 15) is 14.4 Å². The normalized spacial score (nSPS) is 16.1. The van der Waals surface area contributed by atoms with Gasteiger partial charge in [0.05, 0.1) is 28.6 Å². The molecule has 28 heavy (non-hydrogen) atoms. The Morgan fingerprint density at radius 1 is 1.25 bits per heavy atom. The van der Waals surface area contributed by atoms with E-state index in [4.69, 9.17) is 10.00 Å². The lowest BCUT2D eigenvalue weighted by molar-refractivity contribution is -0.153. The van der Waals surface area contributed by atoms with Crippen molar-refractivity contribution in [3.05, 3.63) is 54.1 Å². The molecule has 0 saturated carbocycles. The largest absolute Gasteiger partial charge is 0.452 e. The van der Waals surface area contributed by atoms with Gasteiger partial charge >= 0.3 is 5.97 Å². The van der Waals surface area contributed by atoms with Gasteiger partial charge in [-0.15, -0.1) is 11.8 Å². The molecule has 0 bridgehead atoms. The number of ether oxygens (including phenoxy) is 1. The molecule has 8 heteroatoms. The molecule has 2 aromatic rings. The van der Waals surface area contributed by atoms with Crippen LogP contribution in [0, 0.1) is 11.3 Å². The Hall–Kier alpha value is -3.31. The van der Waals surface area contributed by atoms with E-state index in [0.29, 0.717) is 16.9 Å². The SMILES string of the molecule is C[C@@H](OC(=O)C[C@H]1Sc2ccccc2NC1=O)C(=O)Nc1ccccc1C#N. The van der Waals surface area contributed by atoms with E-state index in [1.165, 1.54) is 18.7 Å². The first kappa shape index (κ1) is 19.5. The number of para-hydroxylation sites is 2. The molecule has 142 valence electrons. The van der Waals surface area contributed by atoms with Crippen molar-refractivity contribution in [2.75, 3.05) is 10.6 Å². The lowest BCUT2D eigenvalue weighted by Crippen LogP contribution is -2.34. The summed E-state index contributed by atoms with van der Waals surface area (Å²) in [5, 5.41) is 13.8. The van der Waals surface area contributed by atoms with Gasteiger partial charge in [0.25, 0.3) is 5.91 Å². The topological polar surface area (TPSA) is 108 Å². The van der Waals surface area contributed by atoms with Crippen LogP contribution in [0.15, 0.2) is 53.4 Å². The third kappa shape index (κ3) is 4.50. The zero-order chi connectivity index (χ0) is 20.1. The van der Waals surface area contributed by atoms with Gasteiger partial charge in [0.2, 0.25) is 5.91 Å². The highest BCUT2D eigenvalue weighted by Crippen LogP contribution is 2.36. The number of amides is 2. The number of nitriles is 1. The maximum Gasteiger partial charge on any atom is 0.308 e.